The molecule has 1 N–H and O–H groups in total. The summed E-state index contributed by atoms with van der Waals surface area (Å²) in [5.41, 5.74) is 0. The first-order valence-corrected chi connectivity index (χ1v) is 28.1. The molecule has 0 spiro atoms. The maximum Gasteiger partial charge on any atom is 0.472 e. The number of esters is 1. The third-order valence-electron chi connectivity index (χ3n) is 11.8. The van der Waals surface area contributed by atoms with Crippen molar-refractivity contribution in [1.82, 2.24) is 0 Å². The molecule has 368 valence electrons. The molecule has 0 radical (unpaired) electrons. The second-order valence-corrected chi connectivity index (χ2v) is 20.7. The molecule has 0 aromatic carbocycles. The lowest BCUT2D eigenvalue weighted by Gasteiger charge is -2.24. The molecule has 2 atom stereocenters. The van der Waals surface area contributed by atoms with Crippen molar-refractivity contribution < 1.29 is 37.3 Å². The van der Waals surface area contributed by atoms with Gasteiger partial charge in [0, 0.05) is 13.0 Å². The number of unbranched alkanes of at least 4 members (excludes halogenated alkanes) is 32. The summed E-state index contributed by atoms with van der Waals surface area (Å²) in [5, 5.41) is 0. The Balaban J connectivity index is 4.06. The van der Waals surface area contributed by atoms with Crippen molar-refractivity contribution in [2.45, 2.75) is 258 Å². The predicted molar refractivity (Wildman–Crippen MR) is 266 cm³/mol. The highest BCUT2D eigenvalue weighted by Crippen LogP contribution is 2.43. The number of hydrogen-bond donors (Lipinski definition) is 1. The smallest absolute Gasteiger partial charge is 0.457 e. The van der Waals surface area contributed by atoms with E-state index in [2.05, 4.69) is 38.2 Å². The van der Waals surface area contributed by atoms with Gasteiger partial charge in [-0.3, -0.25) is 13.8 Å². The average Bonchev–Trinajstić information content (AvgIpc) is 3.23. The summed E-state index contributed by atoms with van der Waals surface area (Å²) < 4.78 is 35.2. The van der Waals surface area contributed by atoms with Crippen molar-refractivity contribution in [1.29, 1.82) is 0 Å². The lowest BCUT2D eigenvalue weighted by Crippen LogP contribution is -2.37. The summed E-state index contributed by atoms with van der Waals surface area (Å²) >= 11 is 0. The van der Waals surface area contributed by atoms with Crippen LogP contribution in [0.15, 0.2) is 24.3 Å². The lowest BCUT2D eigenvalue weighted by molar-refractivity contribution is -0.870. The summed E-state index contributed by atoms with van der Waals surface area (Å²) in [6, 6.07) is 0. The first-order chi connectivity index (χ1) is 30.1. The van der Waals surface area contributed by atoms with E-state index < -0.39 is 13.9 Å². The molecule has 0 saturated heterocycles. The molecule has 0 aromatic heterocycles. The molecule has 0 aliphatic heterocycles. The lowest BCUT2D eigenvalue weighted by atomic mass is 10.0. The fourth-order valence-corrected chi connectivity index (χ4v) is 8.39. The Morgan fingerprint density at radius 3 is 1.32 bits per heavy atom. The first kappa shape index (κ1) is 61.0. The fraction of sp³-hybridized carbons (Fsp3) is 0.906. The van der Waals surface area contributed by atoms with Crippen LogP contribution in [0.1, 0.15) is 251 Å². The van der Waals surface area contributed by atoms with Gasteiger partial charge in [0.05, 0.1) is 34.4 Å². The molecule has 62 heavy (non-hydrogen) atoms. The van der Waals surface area contributed by atoms with Crippen LogP contribution in [0, 0.1) is 0 Å². The van der Waals surface area contributed by atoms with Gasteiger partial charge in [0.2, 0.25) is 0 Å². The van der Waals surface area contributed by atoms with Gasteiger partial charge >= 0.3 is 13.8 Å². The molecule has 0 amide bonds. The highest BCUT2D eigenvalue weighted by molar-refractivity contribution is 7.47. The Hall–Kier alpha value is -1.02. The van der Waals surface area contributed by atoms with E-state index >= 15 is 0 Å². The molecule has 0 aliphatic rings. The summed E-state index contributed by atoms with van der Waals surface area (Å²) in [5.74, 6) is -0.322. The van der Waals surface area contributed by atoms with Crippen molar-refractivity contribution >= 4 is 13.8 Å². The summed E-state index contributed by atoms with van der Waals surface area (Å²) in [7, 11) is 1.67. The number of nitrogens with zero attached hydrogens (tertiary/aromatic N) is 1. The molecular weight excluding hydrogens is 794 g/mol. The molecule has 0 rings (SSSR count). The van der Waals surface area contributed by atoms with Crippen molar-refractivity contribution in [3.05, 3.63) is 24.3 Å². The second kappa shape index (κ2) is 46.5. The van der Waals surface area contributed by atoms with E-state index in [9.17, 15) is 14.3 Å². The Labute approximate surface area is 385 Å². The number of phosphoric acid groups is 1. The maximum absolute atomic E-state index is 12.7. The maximum atomic E-state index is 12.7. The molecule has 9 heteroatoms. The number of quaternary nitrogens is 1. The van der Waals surface area contributed by atoms with Gasteiger partial charge in [0.25, 0.3) is 0 Å². The van der Waals surface area contributed by atoms with Crippen LogP contribution in [0.2, 0.25) is 0 Å². The number of phosphoric ester groups is 1. The third kappa shape index (κ3) is 50.0. The number of hydrogen-bond acceptors (Lipinski definition) is 6. The topological polar surface area (TPSA) is 91.3 Å². The zero-order valence-corrected chi connectivity index (χ0v) is 42.8. The number of carbonyl (C=O) groups is 1. The highest BCUT2D eigenvalue weighted by atomic mass is 31.2. The van der Waals surface area contributed by atoms with Crippen molar-refractivity contribution in [3.63, 3.8) is 0 Å². The molecule has 0 heterocycles. The van der Waals surface area contributed by atoms with E-state index in [1.807, 2.05) is 21.1 Å². The number of carbonyl (C=O) groups excluding carboxylic acids is 1. The summed E-state index contributed by atoms with van der Waals surface area (Å²) in [6.07, 6.45) is 55.2. The van der Waals surface area contributed by atoms with Crippen LogP contribution in [-0.4, -0.2) is 75.6 Å². The van der Waals surface area contributed by atoms with Crippen LogP contribution in [-0.2, 0) is 27.9 Å². The Kier molecular flexibility index (Phi) is 45.7. The molecule has 0 aromatic rings. The number of ether oxygens (including phenoxy) is 2. The van der Waals surface area contributed by atoms with Gasteiger partial charge in [-0.25, -0.2) is 4.57 Å². The van der Waals surface area contributed by atoms with Crippen LogP contribution in [0.3, 0.4) is 0 Å². The fourth-order valence-electron chi connectivity index (χ4n) is 7.64. The van der Waals surface area contributed by atoms with E-state index in [4.69, 9.17) is 18.5 Å². The van der Waals surface area contributed by atoms with Gasteiger partial charge < -0.3 is 18.9 Å². The van der Waals surface area contributed by atoms with E-state index in [1.165, 1.54) is 173 Å². The molecule has 0 fully saturated rings. The van der Waals surface area contributed by atoms with Crippen LogP contribution in [0.4, 0.5) is 0 Å². The van der Waals surface area contributed by atoms with Crippen molar-refractivity contribution in [2.75, 3.05) is 54.1 Å². The Morgan fingerprint density at radius 1 is 0.500 bits per heavy atom. The number of allylic oxidation sites excluding steroid dienone is 4. The average molecular weight is 899 g/mol. The Morgan fingerprint density at radius 2 is 0.887 bits per heavy atom. The minimum atomic E-state index is -4.28. The van der Waals surface area contributed by atoms with Gasteiger partial charge in [-0.15, -0.1) is 0 Å². The largest absolute Gasteiger partial charge is 0.472 e. The van der Waals surface area contributed by atoms with Gasteiger partial charge in [-0.2, -0.15) is 0 Å². The van der Waals surface area contributed by atoms with Gasteiger partial charge in [-0.05, 0) is 44.9 Å². The standard InChI is InChI=1S/C53H104NO7P/c1-6-8-10-12-14-16-18-20-22-24-25-26-27-28-29-30-31-33-35-37-39-41-43-45-48-58-50-52(51-60-62(56,57)59-49-47-54(3,4)5)61-53(55)46-44-42-40-38-36-34-32-23-21-19-17-15-13-11-9-7-2/h17,19,23,32,52H,6-16,18,20-22,24-31,33-51H2,1-5H3/p+1/b19-17-,32-23-. The molecular formula is C53H105NO7P+. The van der Waals surface area contributed by atoms with Crippen LogP contribution >= 0.6 is 7.82 Å². The quantitative estimate of drug-likeness (QED) is 0.0214. The SMILES string of the molecule is CCCCCC/C=C\C/C=C\CCCCCCCC(=O)OC(COCCCCCCCCCCCCCCCCCCCCCCCCCC)COP(=O)(O)OCC[N+](C)(C)C. The molecule has 0 bridgehead atoms. The zero-order chi connectivity index (χ0) is 45.5. The first-order valence-electron chi connectivity index (χ1n) is 26.6. The number of rotatable bonds is 50. The Bertz CT molecular complexity index is 1050. The second-order valence-electron chi connectivity index (χ2n) is 19.3. The zero-order valence-electron chi connectivity index (χ0n) is 41.9. The van der Waals surface area contributed by atoms with E-state index in [1.54, 1.807) is 0 Å². The summed E-state index contributed by atoms with van der Waals surface area (Å²) in [6.45, 7) is 5.64. The molecule has 0 saturated carbocycles. The molecule has 0 aliphatic carbocycles. The van der Waals surface area contributed by atoms with Gasteiger partial charge in [0.15, 0.2) is 0 Å². The van der Waals surface area contributed by atoms with E-state index in [0.29, 0.717) is 24.1 Å². The van der Waals surface area contributed by atoms with Crippen molar-refractivity contribution in [3.8, 4) is 0 Å². The molecule has 8 nitrogen and oxygen atoms in total. The van der Waals surface area contributed by atoms with Crippen LogP contribution < -0.4 is 0 Å². The van der Waals surface area contributed by atoms with E-state index in [0.717, 1.165) is 57.8 Å². The highest BCUT2D eigenvalue weighted by Gasteiger charge is 2.26. The monoisotopic (exact) mass is 899 g/mol. The normalized spacial score (nSPS) is 13.7. The van der Waals surface area contributed by atoms with Gasteiger partial charge in [0.1, 0.15) is 19.3 Å². The van der Waals surface area contributed by atoms with Crippen LogP contribution in [0.25, 0.3) is 0 Å². The number of likely N-dealkylation sites (N-methyl/N-ethyl adjacent to an activating group) is 1. The van der Waals surface area contributed by atoms with E-state index in [-0.39, 0.29) is 25.8 Å². The minimum absolute atomic E-state index is 0.0880. The summed E-state index contributed by atoms with van der Waals surface area (Å²) in [4.78, 5) is 23.0. The van der Waals surface area contributed by atoms with Crippen LogP contribution in [0.5, 0.6) is 0 Å². The van der Waals surface area contributed by atoms with Crippen molar-refractivity contribution in [2.24, 2.45) is 0 Å². The minimum Gasteiger partial charge on any atom is -0.457 e. The third-order valence-corrected chi connectivity index (χ3v) is 12.7. The van der Waals surface area contributed by atoms with Gasteiger partial charge in [-0.1, -0.05) is 224 Å². The predicted octanol–water partition coefficient (Wildman–Crippen LogP) is 16.3. The molecule has 2 unspecified atom stereocenters.